The average molecular weight is 354 g/mol. The van der Waals surface area contributed by atoms with Crippen molar-refractivity contribution in [3.63, 3.8) is 0 Å². The van der Waals surface area contributed by atoms with Crippen molar-refractivity contribution >= 4 is 11.9 Å². The third-order valence-corrected chi connectivity index (χ3v) is 5.07. The Morgan fingerprint density at radius 2 is 1.81 bits per heavy atom. The van der Waals surface area contributed by atoms with Crippen LogP contribution in [0.2, 0.25) is 0 Å². The van der Waals surface area contributed by atoms with Gasteiger partial charge in [-0.05, 0) is 55.2 Å². The number of phenolic OH excluding ortho intramolecular Hbond substituents is 1. The molecule has 0 saturated carbocycles. The maximum absolute atomic E-state index is 13.1. The Labute approximate surface area is 151 Å². The van der Waals surface area contributed by atoms with Gasteiger partial charge in [0.25, 0.3) is 0 Å². The van der Waals surface area contributed by atoms with Crippen LogP contribution in [0.3, 0.4) is 0 Å². The summed E-state index contributed by atoms with van der Waals surface area (Å²) in [6.07, 6.45) is 5.22. The zero-order chi connectivity index (χ0) is 18.1. The molecule has 1 fully saturated rings. The Bertz CT molecular complexity index is 868. The number of hydrogen-bond acceptors (Lipinski definition) is 3. The minimum Gasteiger partial charge on any atom is -0.507 e. The Balaban J connectivity index is 1.64. The lowest BCUT2D eigenvalue weighted by Crippen LogP contribution is -3.11. The number of likely N-dealkylation sites (tertiary alicyclic amines) is 1. The number of quaternary nitrogens is 1. The van der Waals surface area contributed by atoms with Crippen LogP contribution in [-0.4, -0.2) is 24.0 Å². The SMILES string of the molecule is O=C1/C(=C/c2ccc(F)cc2)Oc2c1ccc(O)c2C[NH+]1CCCCC1. The molecule has 0 aromatic heterocycles. The van der Waals surface area contributed by atoms with Gasteiger partial charge >= 0.3 is 0 Å². The highest BCUT2D eigenvalue weighted by atomic mass is 19.1. The van der Waals surface area contributed by atoms with Gasteiger partial charge in [0, 0.05) is 0 Å². The number of benzene rings is 2. The van der Waals surface area contributed by atoms with E-state index in [-0.39, 0.29) is 23.1 Å². The molecule has 0 aliphatic carbocycles. The van der Waals surface area contributed by atoms with Gasteiger partial charge in [-0.3, -0.25) is 4.79 Å². The van der Waals surface area contributed by atoms with E-state index in [0.29, 0.717) is 29.0 Å². The van der Waals surface area contributed by atoms with Crippen LogP contribution in [0.5, 0.6) is 11.5 Å². The van der Waals surface area contributed by atoms with Gasteiger partial charge in [0.15, 0.2) is 11.5 Å². The molecule has 2 heterocycles. The van der Waals surface area contributed by atoms with E-state index in [4.69, 9.17) is 4.74 Å². The largest absolute Gasteiger partial charge is 0.507 e. The molecule has 5 heteroatoms. The van der Waals surface area contributed by atoms with Crippen molar-refractivity contribution in [3.05, 3.63) is 64.7 Å². The molecule has 4 rings (SSSR count). The topological polar surface area (TPSA) is 51.0 Å². The summed E-state index contributed by atoms with van der Waals surface area (Å²) in [6.45, 7) is 2.77. The second kappa shape index (κ2) is 6.92. The van der Waals surface area contributed by atoms with Crippen LogP contribution in [0.1, 0.15) is 40.7 Å². The standard InChI is InChI=1S/C21H20FNO3/c22-15-6-4-14(5-7-15)12-19-20(25)16-8-9-18(24)17(21(16)26-19)13-23-10-2-1-3-11-23/h4-9,12,24H,1-3,10-11,13H2/p+1/b19-12-. The first-order chi connectivity index (χ1) is 12.6. The van der Waals surface area contributed by atoms with E-state index >= 15 is 0 Å². The molecule has 2 aliphatic heterocycles. The summed E-state index contributed by atoms with van der Waals surface area (Å²) >= 11 is 0. The third-order valence-electron chi connectivity index (χ3n) is 5.07. The number of ether oxygens (including phenoxy) is 1. The van der Waals surface area contributed by atoms with Gasteiger partial charge < -0.3 is 14.7 Å². The normalized spacial score (nSPS) is 18.8. The maximum Gasteiger partial charge on any atom is 0.231 e. The Morgan fingerprint density at radius 1 is 1.08 bits per heavy atom. The molecule has 0 unspecified atom stereocenters. The number of phenols is 1. The molecule has 0 radical (unpaired) electrons. The lowest BCUT2D eigenvalue weighted by molar-refractivity contribution is -0.918. The van der Waals surface area contributed by atoms with Gasteiger partial charge in [-0.15, -0.1) is 0 Å². The lowest BCUT2D eigenvalue weighted by Gasteiger charge is -2.24. The first-order valence-corrected chi connectivity index (χ1v) is 9.00. The highest BCUT2D eigenvalue weighted by Crippen LogP contribution is 2.39. The van der Waals surface area contributed by atoms with Crippen LogP contribution < -0.4 is 9.64 Å². The predicted octanol–water partition coefficient (Wildman–Crippen LogP) is 2.72. The highest BCUT2D eigenvalue weighted by Gasteiger charge is 2.32. The average Bonchev–Trinajstić information content (AvgIpc) is 2.96. The number of rotatable bonds is 3. The van der Waals surface area contributed by atoms with Crippen LogP contribution >= 0.6 is 0 Å². The van der Waals surface area contributed by atoms with Gasteiger partial charge in [0.05, 0.1) is 24.2 Å². The van der Waals surface area contributed by atoms with Crippen LogP contribution in [-0.2, 0) is 6.54 Å². The van der Waals surface area contributed by atoms with Crippen molar-refractivity contribution < 1.29 is 23.9 Å². The zero-order valence-corrected chi connectivity index (χ0v) is 14.4. The minimum atomic E-state index is -0.328. The minimum absolute atomic E-state index is 0.164. The molecule has 26 heavy (non-hydrogen) atoms. The first kappa shape index (κ1) is 16.8. The fraction of sp³-hybridized carbons (Fsp3) is 0.286. The summed E-state index contributed by atoms with van der Waals surface area (Å²) < 4.78 is 18.9. The number of fused-ring (bicyclic) bond motifs is 1. The molecule has 2 N–H and O–H groups in total. The number of nitrogens with one attached hydrogen (secondary N) is 1. The van der Waals surface area contributed by atoms with E-state index in [1.54, 1.807) is 30.3 Å². The number of carbonyl (C=O) groups is 1. The van der Waals surface area contributed by atoms with Crippen molar-refractivity contribution in [3.8, 4) is 11.5 Å². The van der Waals surface area contributed by atoms with Gasteiger partial charge in [0.1, 0.15) is 18.1 Å². The number of halogens is 1. The predicted molar refractivity (Wildman–Crippen MR) is 95.7 cm³/mol. The third kappa shape index (κ3) is 3.22. The van der Waals surface area contributed by atoms with Crippen molar-refractivity contribution in [1.82, 2.24) is 0 Å². The Morgan fingerprint density at radius 3 is 2.54 bits per heavy atom. The molecule has 4 nitrogen and oxygen atoms in total. The van der Waals surface area contributed by atoms with Gasteiger partial charge in [-0.1, -0.05) is 12.1 Å². The van der Waals surface area contributed by atoms with Crippen LogP contribution in [0, 0.1) is 5.82 Å². The van der Waals surface area contributed by atoms with E-state index in [0.717, 1.165) is 13.1 Å². The van der Waals surface area contributed by atoms with E-state index in [1.807, 2.05) is 0 Å². The Kier molecular flexibility index (Phi) is 4.47. The summed E-state index contributed by atoms with van der Waals surface area (Å²) in [5, 5.41) is 10.3. The number of aromatic hydroxyl groups is 1. The maximum atomic E-state index is 13.1. The van der Waals surface area contributed by atoms with Gasteiger partial charge in [-0.2, -0.15) is 0 Å². The molecular formula is C21H21FNO3+. The second-order valence-corrected chi connectivity index (χ2v) is 6.92. The molecule has 134 valence electrons. The summed E-state index contributed by atoms with van der Waals surface area (Å²) in [4.78, 5) is 14.1. The molecule has 2 aliphatic rings. The van der Waals surface area contributed by atoms with E-state index in [2.05, 4.69) is 0 Å². The molecule has 0 atom stereocenters. The number of allylic oxidation sites excluding steroid dienone is 1. The van der Waals surface area contributed by atoms with Crippen LogP contribution in [0.15, 0.2) is 42.2 Å². The lowest BCUT2D eigenvalue weighted by atomic mass is 10.0. The Hall–Kier alpha value is -2.66. The summed E-state index contributed by atoms with van der Waals surface area (Å²) in [5.41, 5.74) is 1.85. The molecule has 1 saturated heterocycles. The van der Waals surface area contributed by atoms with Crippen molar-refractivity contribution in [1.29, 1.82) is 0 Å². The molecular weight excluding hydrogens is 333 g/mol. The quantitative estimate of drug-likeness (QED) is 0.834. The highest BCUT2D eigenvalue weighted by molar-refractivity contribution is 6.14. The van der Waals surface area contributed by atoms with E-state index in [9.17, 15) is 14.3 Å². The fourth-order valence-corrected chi connectivity index (χ4v) is 3.66. The van der Waals surface area contributed by atoms with Crippen molar-refractivity contribution in [2.45, 2.75) is 25.8 Å². The summed E-state index contributed by atoms with van der Waals surface area (Å²) in [6, 6.07) is 9.05. The number of Topliss-reactive ketones (excluding diaryl/α,β-unsaturated/α-hetero) is 1. The zero-order valence-electron chi connectivity index (χ0n) is 14.4. The summed E-state index contributed by atoms with van der Waals surface area (Å²) in [7, 11) is 0. The van der Waals surface area contributed by atoms with Gasteiger partial charge in [0.2, 0.25) is 5.78 Å². The van der Waals surface area contributed by atoms with E-state index in [1.165, 1.54) is 36.3 Å². The molecule has 2 aromatic rings. The summed E-state index contributed by atoms with van der Waals surface area (Å²) in [5.74, 6) is 0.288. The smallest absolute Gasteiger partial charge is 0.231 e. The van der Waals surface area contributed by atoms with Gasteiger partial charge in [-0.25, -0.2) is 4.39 Å². The molecule has 0 amide bonds. The van der Waals surface area contributed by atoms with Crippen molar-refractivity contribution in [2.24, 2.45) is 0 Å². The molecule has 2 aromatic carbocycles. The first-order valence-electron chi connectivity index (χ1n) is 9.00. The number of carbonyl (C=O) groups excluding carboxylic acids is 1. The van der Waals surface area contributed by atoms with E-state index < -0.39 is 0 Å². The number of ketones is 1. The number of piperidine rings is 1. The monoisotopic (exact) mass is 354 g/mol. The molecule has 0 bridgehead atoms. The second-order valence-electron chi connectivity index (χ2n) is 6.92. The fourth-order valence-electron chi connectivity index (χ4n) is 3.66. The molecule has 0 spiro atoms. The van der Waals surface area contributed by atoms with Crippen LogP contribution in [0.25, 0.3) is 6.08 Å². The van der Waals surface area contributed by atoms with Crippen molar-refractivity contribution in [2.75, 3.05) is 13.1 Å². The van der Waals surface area contributed by atoms with Crippen LogP contribution in [0.4, 0.5) is 4.39 Å². The number of hydrogen-bond donors (Lipinski definition) is 2.